The van der Waals surface area contributed by atoms with E-state index in [-0.39, 0.29) is 42.6 Å². The molecule has 1 fully saturated rings. The maximum atomic E-state index is 13.0. The number of ether oxygens (including phenoxy) is 2. The average molecular weight is 607 g/mol. The predicted molar refractivity (Wildman–Crippen MR) is 170 cm³/mol. The maximum Gasteiger partial charge on any atom is 0.266 e. The third-order valence-corrected chi connectivity index (χ3v) is 9.10. The molecule has 2 heterocycles. The molecule has 0 radical (unpaired) electrons. The largest absolute Gasteiger partial charge is 0.392 e. The van der Waals surface area contributed by atoms with Gasteiger partial charge in [-0.1, -0.05) is 85.8 Å². The summed E-state index contributed by atoms with van der Waals surface area (Å²) >= 11 is 0. The SMILES string of the molecule is C[C@H]1[C@@H](CN(C)[C@H](C)[C@@H](O)c2ccccc2)O[C@@H](c2ccc(N3C(=O)c4ccccc4C3=O)cc2)O[C@H]1c1ccc(CO)cc1. The van der Waals surface area contributed by atoms with E-state index in [1.807, 2.05) is 80.7 Å². The molecule has 2 N–H and O–H groups in total. The Morgan fingerprint density at radius 1 is 0.800 bits per heavy atom. The van der Waals surface area contributed by atoms with Crippen LogP contribution in [0.25, 0.3) is 0 Å². The topological polar surface area (TPSA) is 99.5 Å². The van der Waals surface area contributed by atoms with Crippen molar-refractivity contribution in [1.82, 2.24) is 4.90 Å². The summed E-state index contributed by atoms with van der Waals surface area (Å²) in [6.07, 6.45) is -1.94. The number of carbonyl (C=O) groups is 2. The monoisotopic (exact) mass is 606 g/mol. The van der Waals surface area contributed by atoms with Gasteiger partial charge in [-0.3, -0.25) is 14.5 Å². The van der Waals surface area contributed by atoms with Crippen LogP contribution in [-0.4, -0.2) is 52.7 Å². The molecule has 4 aromatic rings. The summed E-state index contributed by atoms with van der Waals surface area (Å²) in [6.45, 7) is 4.61. The second-order valence-electron chi connectivity index (χ2n) is 11.9. The number of imide groups is 1. The van der Waals surface area contributed by atoms with Crippen molar-refractivity contribution in [2.24, 2.45) is 5.92 Å². The first-order valence-electron chi connectivity index (χ1n) is 15.3. The molecule has 8 heteroatoms. The number of aliphatic hydroxyl groups is 2. The molecule has 0 saturated carbocycles. The fourth-order valence-corrected chi connectivity index (χ4v) is 6.15. The highest BCUT2D eigenvalue weighted by Gasteiger charge is 2.40. The van der Waals surface area contributed by atoms with Crippen LogP contribution >= 0.6 is 0 Å². The molecular formula is C37H38N2O6. The molecule has 2 amide bonds. The second-order valence-corrected chi connectivity index (χ2v) is 11.9. The first-order valence-corrected chi connectivity index (χ1v) is 15.3. The Morgan fingerprint density at radius 2 is 1.38 bits per heavy atom. The highest BCUT2D eigenvalue weighted by Crippen LogP contribution is 2.42. The van der Waals surface area contributed by atoms with Crippen LogP contribution in [0, 0.1) is 5.92 Å². The van der Waals surface area contributed by atoms with E-state index >= 15 is 0 Å². The van der Waals surface area contributed by atoms with Crippen molar-refractivity contribution in [3.05, 3.63) is 137 Å². The minimum Gasteiger partial charge on any atom is -0.392 e. The lowest BCUT2D eigenvalue weighted by Gasteiger charge is -2.43. The number of carbonyl (C=O) groups excluding carboxylic acids is 2. The summed E-state index contributed by atoms with van der Waals surface area (Å²) in [4.78, 5) is 29.4. The van der Waals surface area contributed by atoms with Gasteiger partial charge in [0, 0.05) is 24.1 Å². The van der Waals surface area contributed by atoms with E-state index in [0.29, 0.717) is 23.4 Å². The number of anilines is 1. The number of nitrogens with zero attached hydrogens (tertiary/aromatic N) is 2. The van der Waals surface area contributed by atoms with E-state index in [4.69, 9.17) is 9.47 Å². The Balaban J connectivity index is 1.25. The van der Waals surface area contributed by atoms with Crippen LogP contribution < -0.4 is 4.90 Å². The molecule has 232 valence electrons. The molecule has 0 spiro atoms. The van der Waals surface area contributed by atoms with Crippen molar-refractivity contribution in [2.75, 3.05) is 18.5 Å². The molecule has 8 nitrogen and oxygen atoms in total. The molecule has 2 aliphatic heterocycles. The van der Waals surface area contributed by atoms with Gasteiger partial charge < -0.3 is 19.7 Å². The number of fused-ring (bicyclic) bond motifs is 1. The van der Waals surface area contributed by atoms with Gasteiger partial charge >= 0.3 is 0 Å². The lowest BCUT2D eigenvalue weighted by atomic mass is 9.89. The maximum absolute atomic E-state index is 13.0. The van der Waals surface area contributed by atoms with Crippen molar-refractivity contribution in [1.29, 1.82) is 0 Å². The normalized spacial score (nSPS) is 22.8. The molecule has 0 unspecified atom stereocenters. The fraction of sp³-hybridized carbons (Fsp3) is 0.297. The van der Waals surface area contributed by atoms with Crippen LogP contribution in [0.4, 0.5) is 5.69 Å². The van der Waals surface area contributed by atoms with E-state index in [1.54, 1.807) is 36.4 Å². The molecule has 6 atom stereocenters. The van der Waals surface area contributed by atoms with Crippen molar-refractivity contribution in [3.63, 3.8) is 0 Å². The molecule has 1 saturated heterocycles. The van der Waals surface area contributed by atoms with Crippen LogP contribution in [0.5, 0.6) is 0 Å². The number of aliphatic hydroxyl groups excluding tert-OH is 2. The average Bonchev–Trinajstić information content (AvgIpc) is 3.34. The van der Waals surface area contributed by atoms with Gasteiger partial charge in [-0.2, -0.15) is 0 Å². The van der Waals surface area contributed by atoms with Crippen LogP contribution in [0.2, 0.25) is 0 Å². The number of amides is 2. The quantitative estimate of drug-likeness (QED) is 0.232. The number of hydrogen-bond acceptors (Lipinski definition) is 7. The molecule has 6 rings (SSSR count). The lowest BCUT2D eigenvalue weighted by Crippen LogP contribution is -2.46. The van der Waals surface area contributed by atoms with Crippen LogP contribution in [-0.2, 0) is 16.1 Å². The number of likely N-dealkylation sites (N-methyl/N-ethyl adjacent to an activating group) is 1. The minimum absolute atomic E-state index is 0.0395. The first kappa shape index (κ1) is 30.8. The molecular weight excluding hydrogens is 568 g/mol. The molecule has 0 bridgehead atoms. The van der Waals surface area contributed by atoms with E-state index < -0.39 is 12.4 Å². The number of hydrogen-bond donors (Lipinski definition) is 2. The van der Waals surface area contributed by atoms with Gasteiger partial charge in [-0.25, -0.2) is 4.90 Å². The third-order valence-electron chi connectivity index (χ3n) is 9.10. The standard InChI is InChI=1S/C37H38N2O6/c1-23-32(21-38(3)24(2)33(41)26-9-5-4-6-10-26)44-37(45-34(23)27-15-13-25(22-40)14-16-27)28-17-19-29(20-18-28)39-35(42)30-11-7-8-12-31(30)36(39)43/h4-20,23-24,32-34,37,40-41H,21-22H2,1-3H3/t23-,24+,32+,33+,34+,37+/m0/s1. The second kappa shape index (κ2) is 13.0. The van der Waals surface area contributed by atoms with E-state index in [2.05, 4.69) is 11.8 Å². The van der Waals surface area contributed by atoms with Gasteiger partial charge in [0.05, 0.1) is 41.7 Å². The van der Waals surface area contributed by atoms with Gasteiger partial charge in [-0.15, -0.1) is 0 Å². The zero-order valence-corrected chi connectivity index (χ0v) is 25.6. The van der Waals surface area contributed by atoms with Gasteiger partial charge in [0.1, 0.15) is 0 Å². The molecule has 2 aliphatic rings. The van der Waals surface area contributed by atoms with Crippen LogP contribution in [0.1, 0.15) is 75.3 Å². The molecule has 0 aromatic heterocycles. The van der Waals surface area contributed by atoms with Gasteiger partial charge in [0.2, 0.25) is 0 Å². The Hall–Kier alpha value is -4.18. The van der Waals surface area contributed by atoms with Crippen molar-refractivity contribution in [3.8, 4) is 0 Å². The van der Waals surface area contributed by atoms with Crippen LogP contribution in [0.15, 0.2) is 103 Å². The lowest BCUT2D eigenvalue weighted by molar-refractivity contribution is -0.276. The molecule has 4 aromatic carbocycles. The number of rotatable bonds is 9. The summed E-state index contributed by atoms with van der Waals surface area (Å²) in [5.41, 5.74) is 4.67. The minimum atomic E-state index is -0.715. The summed E-state index contributed by atoms with van der Waals surface area (Å²) in [6, 6.07) is 31.2. The van der Waals surface area contributed by atoms with E-state index in [1.165, 1.54) is 4.90 Å². The molecule has 45 heavy (non-hydrogen) atoms. The summed E-state index contributed by atoms with van der Waals surface area (Å²) in [5, 5.41) is 20.7. The Morgan fingerprint density at radius 3 is 1.98 bits per heavy atom. The fourth-order valence-electron chi connectivity index (χ4n) is 6.15. The summed E-state index contributed by atoms with van der Waals surface area (Å²) in [5.74, 6) is -0.727. The van der Waals surface area contributed by atoms with Crippen molar-refractivity contribution >= 4 is 17.5 Å². The van der Waals surface area contributed by atoms with Crippen molar-refractivity contribution in [2.45, 2.75) is 51.1 Å². The van der Waals surface area contributed by atoms with Gasteiger partial charge in [0.25, 0.3) is 11.8 Å². The Kier molecular flexibility index (Phi) is 8.94. The van der Waals surface area contributed by atoms with Crippen molar-refractivity contribution < 1.29 is 29.3 Å². The highest BCUT2D eigenvalue weighted by atomic mass is 16.7. The summed E-state index contributed by atoms with van der Waals surface area (Å²) < 4.78 is 13.2. The van der Waals surface area contributed by atoms with E-state index in [9.17, 15) is 19.8 Å². The van der Waals surface area contributed by atoms with Crippen LogP contribution in [0.3, 0.4) is 0 Å². The highest BCUT2D eigenvalue weighted by molar-refractivity contribution is 6.34. The number of benzene rings is 4. The van der Waals surface area contributed by atoms with E-state index in [0.717, 1.165) is 22.3 Å². The zero-order valence-electron chi connectivity index (χ0n) is 25.6. The van der Waals surface area contributed by atoms with Gasteiger partial charge in [-0.05, 0) is 54.9 Å². The molecule has 0 aliphatic carbocycles. The summed E-state index contributed by atoms with van der Waals surface area (Å²) in [7, 11) is 1.99. The van der Waals surface area contributed by atoms with Gasteiger partial charge in [0.15, 0.2) is 6.29 Å². The third kappa shape index (κ3) is 6.08. The Bertz CT molecular complexity index is 1610. The predicted octanol–water partition coefficient (Wildman–Crippen LogP) is 5.82. The Labute approximate surface area is 263 Å². The first-order chi connectivity index (χ1) is 21.8. The zero-order chi connectivity index (χ0) is 31.7. The smallest absolute Gasteiger partial charge is 0.266 e.